The topological polar surface area (TPSA) is 90.2 Å². The van der Waals surface area contributed by atoms with Crippen LogP contribution in [0.1, 0.15) is 18.5 Å². The number of hydrogen-bond donors (Lipinski definition) is 0. The molecule has 1 fully saturated rings. The van der Waals surface area contributed by atoms with Crippen molar-refractivity contribution >= 4 is 10.0 Å². The molecule has 1 unspecified atom stereocenters. The van der Waals surface area contributed by atoms with E-state index in [0.29, 0.717) is 18.5 Å². The Kier molecular flexibility index (Phi) is 5.67. The van der Waals surface area contributed by atoms with Gasteiger partial charge >= 0.3 is 12.2 Å². The van der Waals surface area contributed by atoms with Crippen molar-refractivity contribution in [3.05, 3.63) is 60.7 Å². The van der Waals surface area contributed by atoms with Crippen molar-refractivity contribution in [1.82, 2.24) is 24.1 Å². The van der Waals surface area contributed by atoms with E-state index in [9.17, 15) is 21.6 Å². The van der Waals surface area contributed by atoms with Gasteiger partial charge in [0.15, 0.2) is 5.69 Å². The van der Waals surface area contributed by atoms with Gasteiger partial charge in [0.25, 0.3) is 0 Å². The van der Waals surface area contributed by atoms with Gasteiger partial charge in [0.05, 0.1) is 17.1 Å². The number of aromatic nitrogens is 4. The Morgan fingerprint density at radius 1 is 1.10 bits per heavy atom. The highest BCUT2D eigenvalue weighted by Crippen LogP contribution is 2.29. The minimum Gasteiger partial charge on any atom is -0.459 e. The van der Waals surface area contributed by atoms with E-state index >= 15 is 0 Å². The highest BCUT2D eigenvalue weighted by molar-refractivity contribution is 7.89. The fourth-order valence-corrected chi connectivity index (χ4v) is 4.78. The maximum absolute atomic E-state index is 13.0. The first-order valence-corrected chi connectivity index (χ1v) is 10.8. The van der Waals surface area contributed by atoms with Crippen molar-refractivity contribution in [3.63, 3.8) is 0 Å². The van der Waals surface area contributed by atoms with Gasteiger partial charge in [-0.25, -0.2) is 18.1 Å². The summed E-state index contributed by atoms with van der Waals surface area (Å²) >= 11 is 0. The third kappa shape index (κ3) is 4.69. The largest absolute Gasteiger partial charge is 0.459 e. The summed E-state index contributed by atoms with van der Waals surface area (Å²) in [7, 11) is -3.80. The van der Waals surface area contributed by atoms with Gasteiger partial charge in [-0.05, 0) is 49.2 Å². The first kappa shape index (κ1) is 21.2. The fourth-order valence-electron chi connectivity index (χ4n) is 3.27. The molecule has 1 aliphatic rings. The lowest BCUT2D eigenvalue weighted by atomic mass is 10.1. The van der Waals surface area contributed by atoms with Crippen molar-refractivity contribution in [2.45, 2.75) is 30.0 Å². The molecule has 1 saturated heterocycles. The van der Waals surface area contributed by atoms with Crippen LogP contribution in [0.4, 0.5) is 13.2 Å². The van der Waals surface area contributed by atoms with Gasteiger partial charge in [-0.1, -0.05) is 0 Å². The lowest BCUT2D eigenvalue weighted by Gasteiger charge is -2.31. The molecule has 2 aromatic heterocycles. The number of hydrogen-bond acceptors (Lipinski definition) is 6. The summed E-state index contributed by atoms with van der Waals surface area (Å²) in [6.07, 6.45) is 0.0152. The van der Waals surface area contributed by atoms with E-state index in [1.807, 2.05) is 0 Å². The van der Waals surface area contributed by atoms with Crippen LogP contribution >= 0.6 is 0 Å². The van der Waals surface area contributed by atoms with Crippen molar-refractivity contribution in [2.24, 2.45) is 0 Å². The van der Waals surface area contributed by atoms with Gasteiger partial charge in [0, 0.05) is 25.1 Å². The highest BCUT2D eigenvalue weighted by atomic mass is 32.2. The molecule has 0 saturated carbocycles. The molecule has 1 atom stereocenters. The monoisotopic (exact) mass is 453 g/mol. The van der Waals surface area contributed by atoms with Gasteiger partial charge in [-0.3, -0.25) is 0 Å². The fraction of sp³-hybridized carbons (Fsp3) is 0.316. The summed E-state index contributed by atoms with van der Waals surface area (Å²) in [5.41, 5.74) is -0.402. The molecule has 4 rings (SSSR count). The Balaban J connectivity index is 1.47. The molecular weight excluding hydrogens is 435 g/mol. The molecule has 1 aliphatic heterocycles. The molecule has 31 heavy (non-hydrogen) atoms. The van der Waals surface area contributed by atoms with Crippen LogP contribution in [0.15, 0.2) is 59.9 Å². The SMILES string of the molecule is O=S(=O)(c1ccc(-n2cccn2)cc1)N1CCCC(Oc2nccc(C(F)(F)F)n2)C1. The van der Waals surface area contributed by atoms with E-state index < -0.39 is 34.0 Å². The average Bonchev–Trinajstić information content (AvgIpc) is 3.29. The van der Waals surface area contributed by atoms with Crippen LogP contribution in [0.2, 0.25) is 0 Å². The van der Waals surface area contributed by atoms with Crippen molar-refractivity contribution in [3.8, 4) is 11.7 Å². The van der Waals surface area contributed by atoms with Crippen LogP contribution in [-0.4, -0.2) is 51.7 Å². The Bertz CT molecular complexity index is 1140. The number of sulfonamides is 1. The van der Waals surface area contributed by atoms with Crippen LogP contribution in [0.25, 0.3) is 5.69 Å². The number of rotatable bonds is 5. The van der Waals surface area contributed by atoms with Gasteiger partial charge < -0.3 is 4.74 Å². The standard InChI is InChI=1S/C19H18F3N5O3S/c20-19(21,22)17-8-10-23-18(25-17)30-15-3-1-11-26(13-15)31(28,29)16-6-4-14(5-7-16)27-12-2-9-24-27/h2,4-10,12,15H,1,3,11,13H2. The zero-order chi connectivity index (χ0) is 22.1. The molecule has 0 radical (unpaired) electrons. The second kappa shape index (κ2) is 8.27. The minimum atomic E-state index is -4.62. The predicted octanol–water partition coefficient (Wildman–Crippen LogP) is 2.91. The number of benzene rings is 1. The molecule has 0 amide bonds. The summed E-state index contributed by atoms with van der Waals surface area (Å²) in [4.78, 5) is 7.21. The van der Waals surface area contributed by atoms with E-state index in [1.165, 1.54) is 16.4 Å². The van der Waals surface area contributed by atoms with E-state index in [1.54, 1.807) is 35.3 Å². The van der Waals surface area contributed by atoms with Gasteiger partial charge in [-0.15, -0.1) is 0 Å². The molecule has 0 N–H and O–H groups in total. The molecule has 3 aromatic rings. The molecular formula is C19H18F3N5O3S. The summed E-state index contributed by atoms with van der Waals surface area (Å²) in [6, 6.07) is 8.36. The Hall–Kier alpha value is -2.99. The molecule has 164 valence electrons. The molecule has 3 heterocycles. The van der Waals surface area contributed by atoms with E-state index in [-0.39, 0.29) is 18.0 Å². The van der Waals surface area contributed by atoms with Gasteiger partial charge in [0.1, 0.15) is 6.10 Å². The second-order valence-electron chi connectivity index (χ2n) is 6.91. The average molecular weight is 453 g/mol. The third-order valence-electron chi connectivity index (χ3n) is 4.78. The maximum Gasteiger partial charge on any atom is 0.433 e. The summed E-state index contributed by atoms with van der Waals surface area (Å²) in [5.74, 6) is 0. The van der Waals surface area contributed by atoms with Crippen molar-refractivity contribution in [1.29, 1.82) is 0 Å². The van der Waals surface area contributed by atoms with Crippen LogP contribution in [0, 0.1) is 0 Å². The van der Waals surface area contributed by atoms with E-state index in [2.05, 4.69) is 15.1 Å². The van der Waals surface area contributed by atoms with Crippen molar-refractivity contribution < 1.29 is 26.3 Å². The van der Waals surface area contributed by atoms with Gasteiger partial charge in [0.2, 0.25) is 10.0 Å². The zero-order valence-electron chi connectivity index (χ0n) is 16.1. The number of ether oxygens (including phenoxy) is 1. The van der Waals surface area contributed by atoms with E-state index in [0.717, 1.165) is 12.3 Å². The molecule has 1 aromatic carbocycles. The highest BCUT2D eigenvalue weighted by Gasteiger charge is 2.34. The number of halogens is 3. The van der Waals surface area contributed by atoms with E-state index in [4.69, 9.17) is 4.74 Å². The first-order chi connectivity index (χ1) is 14.7. The van der Waals surface area contributed by atoms with Gasteiger partial charge in [-0.2, -0.15) is 27.6 Å². The Morgan fingerprint density at radius 3 is 2.55 bits per heavy atom. The van der Waals surface area contributed by atoms with Crippen LogP contribution in [0.5, 0.6) is 6.01 Å². The number of nitrogens with zero attached hydrogens (tertiary/aromatic N) is 5. The minimum absolute atomic E-state index is 0.0111. The Morgan fingerprint density at radius 2 is 1.87 bits per heavy atom. The molecule has 0 aliphatic carbocycles. The number of alkyl halides is 3. The van der Waals surface area contributed by atoms with Crippen LogP contribution < -0.4 is 4.74 Å². The summed E-state index contributed by atoms with van der Waals surface area (Å²) < 4.78 is 72.9. The normalized spacial score (nSPS) is 18.1. The third-order valence-corrected chi connectivity index (χ3v) is 6.66. The summed E-state index contributed by atoms with van der Waals surface area (Å²) in [5, 5.41) is 4.10. The first-order valence-electron chi connectivity index (χ1n) is 9.40. The smallest absolute Gasteiger partial charge is 0.433 e. The molecule has 8 nitrogen and oxygen atoms in total. The Labute approximate surface area is 176 Å². The van der Waals surface area contributed by atoms with Crippen LogP contribution in [0.3, 0.4) is 0 Å². The zero-order valence-corrected chi connectivity index (χ0v) is 16.9. The predicted molar refractivity (Wildman–Crippen MR) is 103 cm³/mol. The van der Waals surface area contributed by atoms with Crippen LogP contribution in [-0.2, 0) is 16.2 Å². The lowest BCUT2D eigenvalue weighted by Crippen LogP contribution is -2.44. The maximum atomic E-state index is 13.0. The lowest BCUT2D eigenvalue weighted by molar-refractivity contribution is -0.141. The molecule has 0 spiro atoms. The van der Waals surface area contributed by atoms with Crippen molar-refractivity contribution in [2.75, 3.05) is 13.1 Å². The number of piperidine rings is 1. The second-order valence-corrected chi connectivity index (χ2v) is 8.85. The summed E-state index contributed by atoms with van der Waals surface area (Å²) in [6.45, 7) is 0.273. The molecule has 12 heteroatoms. The quantitative estimate of drug-likeness (QED) is 0.590. The molecule has 0 bridgehead atoms.